The lowest BCUT2D eigenvalue weighted by Crippen LogP contribution is -2.11. The Hall–Kier alpha value is -1.86. The van der Waals surface area contributed by atoms with Crippen LogP contribution in [0.25, 0.3) is 0 Å². The van der Waals surface area contributed by atoms with Gasteiger partial charge in [-0.15, -0.1) is 0 Å². The molecule has 0 bridgehead atoms. The molecule has 1 aromatic carbocycles. The largest absolute Gasteiger partial charge is 0.433 e. The number of anilines is 1. The number of hydrogen-bond acceptors (Lipinski definition) is 4. The van der Waals surface area contributed by atoms with Gasteiger partial charge in [0.1, 0.15) is 4.92 Å². The van der Waals surface area contributed by atoms with E-state index in [4.69, 9.17) is 16.0 Å². The van der Waals surface area contributed by atoms with Crippen LogP contribution in [-0.2, 0) is 0 Å². The molecule has 1 aromatic heterocycles. The molecule has 2 rings (SSSR count). The number of nitrogens with zero attached hydrogens (tertiary/aromatic N) is 1. The Morgan fingerprint density at radius 1 is 1.37 bits per heavy atom. The molecule has 0 saturated carbocycles. The summed E-state index contributed by atoms with van der Waals surface area (Å²) >= 11 is 9.05. The van der Waals surface area contributed by atoms with Crippen molar-refractivity contribution in [3.05, 3.63) is 55.7 Å². The maximum absolute atomic E-state index is 11.8. The zero-order valence-corrected chi connectivity index (χ0v) is 11.6. The first-order valence-corrected chi connectivity index (χ1v) is 6.15. The normalized spacial score (nSPS) is 10.2. The molecule has 98 valence electrons. The summed E-state index contributed by atoms with van der Waals surface area (Å²) in [5.74, 6) is -1.25. The molecule has 1 N–H and O–H groups in total. The topological polar surface area (TPSA) is 85.4 Å². The van der Waals surface area contributed by atoms with Crippen molar-refractivity contribution in [1.29, 1.82) is 0 Å². The molecule has 0 aliphatic carbocycles. The van der Waals surface area contributed by atoms with Crippen molar-refractivity contribution in [3.8, 4) is 0 Å². The molecule has 0 aliphatic rings. The van der Waals surface area contributed by atoms with Crippen LogP contribution in [0.4, 0.5) is 11.6 Å². The Kier molecular flexibility index (Phi) is 3.87. The van der Waals surface area contributed by atoms with E-state index in [9.17, 15) is 14.9 Å². The number of nitro groups is 1. The van der Waals surface area contributed by atoms with Crippen LogP contribution in [0.1, 0.15) is 10.6 Å². The van der Waals surface area contributed by atoms with Gasteiger partial charge in [0.2, 0.25) is 0 Å². The summed E-state index contributed by atoms with van der Waals surface area (Å²) in [6.07, 6.45) is 0. The predicted octanol–water partition coefficient (Wildman–Crippen LogP) is 3.86. The Morgan fingerprint density at radius 3 is 2.74 bits per heavy atom. The zero-order chi connectivity index (χ0) is 14.0. The average Bonchev–Trinajstić information content (AvgIpc) is 2.83. The summed E-state index contributed by atoms with van der Waals surface area (Å²) < 4.78 is 5.42. The lowest BCUT2D eigenvalue weighted by molar-refractivity contribution is -0.402. The van der Waals surface area contributed by atoms with E-state index < -0.39 is 16.7 Å². The van der Waals surface area contributed by atoms with Gasteiger partial charge in [-0.3, -0.25) is 14.9 Å². The Balaban J connectivity index is 2.20. The Labute approximate surface area is 120 Å². The third kappa shape index (κ3) is 3.12. The van der Waals surface area contributed by atoms with Crippen LogP contribution >= 0.6 is 27.5 Å². The van der Waals surface area contributed by atoms with Crippen molar-refractivity contribution in [2.75, 3.05) is 5.32 Å². The molecule has 0 unspecified atom stereocenters. The summed E-state index contributed by atoms with van der Waals surface area (Å²) in [4.78, 5) is 21.6. The number of hydrogen-bond donors (Lipinski definition) is 1. The Bertz CT molecular complexity index is 656. The van der Waals surface area contributed by atoms with Crippen LogP contribution < -0.4 is 5.32 Å². The molecule has 19 heavy (non-hydrogen) atoms. The molecule has 1 heterocycles. The molecular formula is C11H6BrClN2O4. The summed E-state index contributed by atoms with van der Waals surface area (Å²) in [5, 5.41) is 13.4. The third-order valence-corrected chi connectivity index (χ3v) is 3.10. The van der Waals surface area contributed by atoms with Crippen LogP contribution in [0.15, 0.2) is 39.2 Å². The van der Waals surface area contributed by atoms with E-state index in [2.05, 4.69) is 21.2 Å². The van der Waals surface area contributed by atoms with Crippen molar-refractivity contribution >= 4 is 45.0 Å². The van der Waals surface area contributed by atoms with Crippen LogP contribution in [0.3, 0.4) is 0 Å². The lowest BCUT2D eigenvalue weighted by Gasteiger charge is -2.05. The quantitative estimate of drug-likeness (QED) is 0.676. The second-order valence-corrected chi connectivity index (χ2v) is 4.76. The van der Waals surface area contributed by atoms with Gasteiger partial charge < -0.3 is 9.73 Å². The predicted molar refractivity (Wildman–Crippen MR) is 72.5 cm³/mol. The van der Waals surface area contributed by atoms with Crippen LogP contribution in [-0.4, -0.2) is 10.8 Å². The highest BCUT2D eigenvalue weighted by Gasteiger charge is 2.18. The number of nitrogens with one attached hydrogen (secondary N) is 1. The maximum atomic E-state index is 11.8. The van der Waals surface area contributed by atoms with Gasteiger partial charge in [0.15, 0.2) is 5.76 Å². The van der Waals surface area contributed by atoms with Gasteiger partial charge in [0.05, 0.1) is 11.8 Å². The number of carbonyl (C=O) groups excluding carboxylic acids is 1. The SMILES string of the molecule is O=C(Nc1cc(Cl)ccc1Br)c1ccc([N+](=O)[O-])o1. The van der Waals surface area contributed by atoms with E-state index in [-0.39, 0.29) is 5.76 Å². The fraction of sp³-hybridized carbons (Fsp3) is 0. The van der Waals surface area contributed by atoms with Crippen LogP contribution in [0, 0.1) is 10.1 Å². The monoisotopic (exact) mass is 344 g/mol. The number of rotatable bonds is 3. The smallest absolute Gasteiger partial charge is 0.395 e. The molecule has 0 spiro atoms. The second-order valence-electron chi connectivity index (χ2n) is 3.47. The van der Waals surface area contributed by atoms with Crippen LogP contribution in [0.2, 0.25) is 5.02 Å². The minimum Gasteiger partial charge on any atom is -0.395 e. The first kappa shape index (κ1) is 13.6. The highest BCUT2D eigenvalue weighted by Crippen LogP contribution is 2.26. The van der Waals surface area contributed by atoms with Crippen molar-refractivity contribution in [2.24, 2.45) is 0 Å². The molecule has 1 amide bonds. The molecule has 0 saturated heterocycles. The maximum Gasteiger partial charge on any atom is 0.433 e. The van der Waals surface area contributed by atoms with E-state index in [1.807, 2.05) is 0 Å². The van der Waals surface area contributed by atoms with E-state index in [0.29, 0.717) is 15.2 Å². The first-order chi connectivity index (χ1) is 8.97. The number of amides is 1. The van der Waals surface area contributed by atoms with Crippen molar-refractivity contribution in [2.45, 2.75) is 0 Å². The average molecular weight is 346 g/mol. The number of benzene rings is 1. The van der Waals surface area contributed by atoms with E-state index in [1.54, 1.807) is 18.2 Å². The summed E-state index contributed by atoms with van der Waals surface area (Å²) in [6.45, 7) is 0. The van der Waals surface area contributed by atoms with E-state index >= 15 is 0 Å². The summed E-state index contributed by atoms with van der Waals surface area (Å²) in [7, 11) is 0. The summed E-state index contributed by atoms with van der Waals surface area (Å²) in [6, 6.07) is 7.20. The highest BCUT2D eigenvalue weighted by atomic mass is 79.9. The number of halogens is 2. The molecule has 2 aromatic rings. The minimum atomic E-state index is -0.716. The van der Waals surface area contributed by atoms with Crippen molar-refractivity contribution in [1.82, 2.24) is 0 Å². The molecular weight excluding hydrogens is 339 g/mol. The van der Waals surface area contributed by atoms with Gasteiger partial charge in [0.25, 0.3) is 5.91 Å². The minimum absolute atomic E-state index is 0.154. The van der Waals surface area contributed by atoms with Gasteiger partial charge in [-0.2, -0.15) is 0 Å². The standard InChI is InChI=1S/C11H6BrClN2O4/c12-7-2-1-6(13)5-8(7)14-11(16)9-3-4-10(19-9)15(17)18/h1-5H,(H,14,16). The molecule has 8 heteroatoms. The van der Waals surface area contributed by atoms with E-state index in [0.717, 1.165) is 6.07 Å². The van der Waals surface area contributed by atoms with Gasteiger partial charge in [-0.1, -0.05) is 11.6 Å². The molecule has 0 radical (unpaired) electrons. The van der Waals surface area contributed by atoms with Crippen molar-refractivity contribution < 1.29 is 14.1 Å². The fourth-order valence-corrected chi connectivity index (χ4v) is 1.84. The number of carbonyl (C=O) groups is 1. The van der Waals surface area contributed by atoms with Gasteiger partial charge in [-0.25, -0.2) is 0 Å². The van der Waals surface area contributed by atoms with Crippen molar-refractivity contribution in [3.63, 3.8) is 0 Å². The summed E-state index contributed by atoms with van der Waals surface area (Å²) in [5.41, 5.74) is 0.441. The van der Waals surface area contributed by atoms with Gasteiger partial charge >= 0.3 is 5.88 Å². The lowest BCUT2D eigenvalue weighted by atomic mass is 10.3. The second kappa shape index (κ2) is 5.41. The third-order valence-electron chi connectivity index (χ3n) is 2.17. The molecule has 0 fully saturated rings. The molecule has 6 nitrogen and oxygen atoms in total. The fourth-order valence-electron chi connectivity index (χ4n) is 1.33. The van der Waals surface area contributed by atoms with Gasteiger partial charge in [0, 0.05) is 9.50 Å². The molecule has 0 atom stereocenters. The Morgan fingerprint density at radius 2 is 2.11 bits per heavy atom. The first-order valence-electron chi connectivity index (χ1n) is 4.98. The highest BCUT2D eigenvalue weighted by molar-refractivity contribution is 9.10. The zero-order valence-electron chi connectivity index (χ0n) is 9.22. The van der Waals surface area contributed by atoms with Gasteiger partial charge in [-0.05, 0) is 40.2 Å². The number of furan rings is 1. The van der Waals surface area contributed by atoms with E-state index in [1.165, 1.54) is 6.07 Å². The molecule has 0 aliphatic heterocycles. The van der Waals surface area contributed by atoms with Crippen LogP contribution in [0.5, 0.6) is 0 Å².